The molecule has 5 heteroatoms. The molecular weight excluding hydrogens is 326 g/mol. The number of ether oxygens (including phenoxy) is 1. The van der Waals surface area contributed by atoms with E-state index in [1.54, 1.807) is 0 Å². The molecule has 0 bridgehead atoms. The van der Waals surface area contributed by atoms with E-state index in [-0.39, 0.29) is 12.5 Å². The minimum atomic E-state index is 0.0786. The van der Waals surface area contributed by atoms with Crippen LogP contribution in [-0.2, 0) is 4.79 Å². The minimum Gasteiger partial charge on any atom is -0.484 e. The summed E-state index contributed by atoms with van der Waals surface area (Å²) in [5.41, 5.74) is 2.42. The molecule has 146 valence electrons. The lowest BCUT2D eigenvalue weighted by atomic mass is 10.1. The first kappa shape index (κ1) is 20.7. The Morgan fingerprint density at radius 2 is 1.81 bits per heavy atom. The van der Waals surface area contributed by atoms with Gasteiger partial charge < -0.3 is 14.5 Å². The molecule has 2 rings (SSSR count). The van der Waals surface area contributed by atoms with Gasteiger partial charge in [0.25, 0.3) is 5.91 Å². The molecule has 0 aromatic heterocycles. The van der Waals surface area contributed by atoms with Gasteiger partial charge in [-0.2, -0.15) is 0 Å². The average molecular weight is 362 g/mol. The standard InChI is InChI=1S/C21H35N3O2/c1-16-8-9-20(12-17(16)2)26-15-21(25)23-13-18(3)24(19(4)14-23)11-7-10-22(5)6/h8-9,12,18-19H,7,10-11,13-15H2,1-6H3. The van der Waals surface area contributed by atoms with Crippen LogP contribution in [0.1, 0.15) is 31.4 Å². The minimum absolute atomic E-state index is 0.0786. The molecule has 1 aromatic rings. The number of amides is 1. The highest BCUT2D eigenvalue weighted by atomic mass is 16.5. The lowest BCUT2D eigenvalue weighted by molar-refractivity contribution is -0.137. The highest BCUT2D eigenvalue weighted by Gasteiger charge is 2.31. The van der Waals surface area contributed by atoms with Gasteiger partial charge in [-0.3, -0.25) is 9.69 Å². The van der Waals surface area contributed by atoms with Crippen molar-refractivity contribution in [3.63, 3.8) is 0 Å². The van der Waals surface area contributed by atoms with E-state index in [0.29, 0.717) is 12.1 Å². The number of aryl methyl sites for hydroxylation is 2. The number of rotatable bonds is 7. The molecule has 26 heavy (non-hydrogen) atoms. The molecule has 2 atom stereocenters. The zero-order chi connectivity index (χ0) is 19.3. The second kappa shape index (κ2) is 9.38. The number of benzene rings is 1. The third-order valence-corrected chi connectivity index (χ3v) is 5.32. The van der Waals surface area contributed by atoms with Gasteiger partial charge in [0.2, 0.25) is 0 Å². The molecular formula is C21H35N3O2. The highest BCUT2D eigenvalue weighted by Crippen LogP contribution is 2.18. The molecule has 1 amide bonds. The van der Waals surface area contributed by atoms with Gasteiger partial charge in [-0.1, -0.05) is 6.07 Å². The van der Waals surface area contributed by atoms with Crippen LogP contribution in [-0.4, -0.2) is 79.6 Å². The Labute approximate surface area is 158 Å². The van der Waals surface area contributed by atoms with Crippen molar-refractivity contribution in [2.24, 2.45) is 0 Å². The zero-order valence-corrected chi connectivity index (χ0v) is 17.3. The van der Waals surface area contributed by atoms with Crippen molar-refractivity contribution in [2.45, 2.75) is 46.2 Å². The van der Waals surface area contributed by atoms with E-state index in [9.17, 15) is 4.79 Å². The molecule has 1 aliphatic rings. The van der Waals surface area contributed by atoms with Crippen LogP contribution in [0.3, 0.4) is 0 Å². The highest BCUT2D eigenvalue weighted by molar-refractivity contribution is 5.78. The van der Waals surface area contributed by atoms with E-state index in [2.05, 4.69) is 51.6 Å². The van der Waals surface area contributed by atoms with Crippen LogP contribution in [0.4, 0.5) is 0 Å². The Bertz CT molecular complexity index is 591. The van der Waals surface area contributed by atoms with Crippen LogP contribution in [0.5, 0.6) is 5.75 Å². The number of hydrogen-bond acceptors (Lipinski definition) is 4. The second-order valence-electron chi connectivity index (χ2n) is 7.93. The van der Waals surface area contributed by atoms with Crippen LogP contribution >= 0.6 is 0 Å². The molecule has 0 spiro atoms. The maximum Gasteiger partial charge on any atom is 0.260 e. The van der Waals surface area contributed by atoms with Crippen LogP contribution in [0, 0.1) is 13.8 Å². The summed E-state index contributed by atoms with van der Waals surface area (Å²) in [5, 5.41) is 0. The summed E-state index contributed by atoms with van der Waals surface area (Å²) in [6.07, 6.45) is 1.16. The summed E-state index contributed by atoms with van der Waals surface area (Å²) in [7, 11) is 4.22. The van der Waals surface area contributed by atoms with E-state index >= 15 is 0 Å². The van der Waals surface area contributed by atoms with Gasteiger partial charge in [0.05, 0.1) is 0 Å². The van der Waals surface area contributed by atoms with Gasteiger partial charge >= 0.3 is 0 Å². The van der Waals surface area contributed by atoms with Crippen LogP contribution < -0.4 is 4.74 Å². The predicted molar refractivity (Wildman–Crippen MR) is 107 cm³/mol. The lowest BCUT2D eigenvalue weighted by Crippen LogP contribution is -2.58. The molecule has 0 N–H and O–H groups in total. The molecule has 0 aliphatic carbocycles. The molecule has 1 aromatic carbocycles. The quantitative estimate of drug-likeness (QED) is 0.748. The fourth-order valence-electron chi connectivity index (χ4n) is 3.61. The molecule has 1 heterocycles. The van der Waals surface area contributed by atoms with E-state index in [0.717, 1.165) is 38.3 Å². The smallest absolute Gasteiger partial charge is 0.260 e. The molecule has 5 nitrogen and oxygen atoms in total. The number of piperazine rings is 1. The third-order valence-electron chi connectivity index (χ3n) is 5.32. The Hall–Kier alpha value is -1.59. The SMILES string of the molecule is Cc1ccc(OCC(=O)N2CC(C)N(CCCN(C)C)C(C)C2)cc1C. The monoisotopic (exact) mass is 361 g/mol. The van der Waals surface area contributed by atoms with Crippen LogP contribution in [0.2, 0.25) is 0 Å². The van der Waals surface area contributed by atoms with Gasteiger partial charge in [0, 0.05) is 31.7 Å². The third kappa shape index (κ3) is 5.71. The average Bonchev–Trinajstić information content (AvgIpc) is 2.57. The molecule has 2 unspecified atom stereocenters. The normalized spacial score (nSPS) is 21.3. The molecule has 1 aliphatic heterocycles. The van der Waals surface area contributed by atoms with E-state index in [1.807, 2.05) is 23.1 Å². The van der Waals surface area contributed by atoms with Crippen molar-refractivity contribution >= 4 is 5.91 Å². The fraction of sp³-hybridized carbons (Fsp3) is 0.667. The summed E-state index contributed by atoms with van der Waals surface area (Å²) in [6.45, 7) is 12.4. The van der Waals surface area contributed by atoms with Gasteiger partial charge in [-0.15, -0.1) is 0 Å². The summed E-state index contributed by atoms with van der Waals surface area (Å²) in [5.74, 6) is 0.847. The Morgan fingerprint density at radius 3 is 2.38 bits per heavy atom. The van der Waals surface area contributed by atoms with E-state index < -0.39 is 0 Å². The van der Waals surface area contributed by atoms with Gasteiger partial charge in [0.15, 0.2) is 6.61 Å². The maximum absolute atomic E-state index is 12.6. The zero-order valence-electron chi connectivity index (χ0n) is 17.3. The van der Waals surface area contributed by atoms with Crippen molar-refractivity contribution in [3.8, 4) is 5.75 Å². The van der Waals surface area contributed by atoms with Gasteiger partial charge in [0.1, 0.15) is 5.75 Å². The lowest BCUT2D eigenvalue weighted by Gasteiger charge is -2.44. The summed E-state index contributed by atoms with van der Waals surface area (Å²) >= 11 is 0. The second-order valence-corrected chi connectivity index (χ2v) is 7.93. The largest absolute Gasteiger partial charge is 0.484 e. The first-order valence-corrected chi connectivity index (χ1v) is 9.66. The number of carbonyl (C=O) groups excluding carboxylic acids is 1. The molecule has 1 saturated heterocycles. The fourth-order valence-corrected chi connectivity index (χ4v) is 3.61. The number of hydrogen-bond donors (Lipinski definition) is 0. The van der Waals surface area contributed by atoms with Crippen LogP contribution in [0.15, 0.2) is 18.2 Å². The predicted octanol–water partition coefficient (Wildman–Crippen LogP) is 2.56. The Kier molecular flexibility index (Phi) is 7.47. The number of nitrogens with zero attached hydrogens (tertiary/aromatic N) is 3. The van der Waals surface area contributed by atoms with Gasteiger partial charge in [-0.25, -0.2) is 0 Å². The maximum atomic E-state index is 12.6. The summed E-state index contributed by atoms with van der Waals surface area (Å²) < 4.78 is 5.74. The van der Waals surface area contributed by atoms with Crippen LogP contribution in [0.25, 0.3) is 0 Å². The Morgan fingerprint density at radius 1 is 1.15 bits per heavy atom. The van der Waals surface area contributed by atoms with Crippen molar-refractivity contribution in [3.05, 3.63) is 29.3 Å². The summed E-state index contributed by atoms with van der Waals surface area (Å²) in [4.78, 5) is 19.3. The van der Waals surface area contributed by atoms with Crippen molar-refractivity contribution in [2.75, 3.05) is 46.9 Å². The van der Waals surface area contributed by atoms with Gasteiger partial charge in [-0.05, 0) is 78.0 Å². The number of carbonyl (C=O) groups is 1. The van der Waals surface area contributed by atoms with E-state index in [4.69, 9.17) is 4.74 Å². The molecule has 0 radical (unpaired) electrons. The molecule has 0 saturated carbocycles. The molecule has 1 fully saturated rings. The first-order chi connectivity index (χ1) is 12.3. The van der Waals surface area contributed by atoms with Crippen molar-refractivity contribution in [1.82, 2.24) is 14.7 Å². The summed E-state index contributed by atoms with van der Waals surface area (Å²) in [6, 6.07) is 6.73. The van der Waals surface area contributed by atoms with Crippen molar-refractivity contribution in [1.29, 1.82) is 0 Å². The van der Waals surface area contributed by atoms with Crippen molar-refractivity contribution < 1.29 is 9.53 Å². The Balaban J connectivity index is 1.84. The van der Waals surface area contributed by atoms with E-state index in [1.165, 1.54) is 11.1 Å². The topological polar surface area (TPSA) is 36.0 Å². The first-order valence-electron chi connectivity index (χ1n) is 9.66.